The predicted octanol–water partition coefficient (Wildman–Crippen LogP) is 4.09. The number of nitrogens with zero attached hydrogens (tertiary/aromatic N) is 2. The molecule has 5 rings (SSSR count). The maximum Gasteiger partial charge on any atom is 0.338 e. The van der Waals surface area contributed by atoms with E-state index in [2.05, 4.69) is 4.99 Å². The summed E-state index contributed by atoms with van der Waals surface area (Å²) < 4.78 is 24.4. The van der Waals surface area contributed by atoms with Crippen molar-refractivity contribution in [2.75, 3.05) is 20.8 Å². The molecule has 1 aliphatic heterocycles. The fourth-order valence-electron chi connectivity index (χ4n) is 4.98. The van der Waals surface area contributed by atoms with Gasteiger partial charge in [-0.3, -0.25) is 9.36 Å². The first-order valence-corrected chi connectivity index (χ1v) is 14.5. The van der Waals surface area contributed by atoms with E-state index in [1.165, 1.54) is 36.2 Å². The highest BCUT2D eigenvalue weighted by Gasteiger charge is 2.35. The van der Waals surface area contributed by atoms with E-state index >= 15 is 0 Å². The van der Waals surface area contributed by atoms with Gasteiger partial charge >= 0.3 is 11.9 Å². The first-order chi connectivity index (χ1) is 21.2. The molecule has 0 saturated carbocycles. The molecule has 1 atom stereocenters. The zero-order valence-electron chi connectivity index (χ0n) is 24.5. The number of hydrogen-bond donors (Lipinski definition) is 1. The summed E-state index contributed by atoms with van der Waals surface area (Å²) in [7, 11) is 3.05. The fraction of sp³-hybridized carbons (Fsp3) is 0.212. The normalized spacial score (nSPS) is 14.5. The minimum absolute atomic E-state index is 0.139. The van der Waals surface area contributed by atoms with Crippen molar-refractivity contribution in [2.24, 2.45) is 4.99 Å². The third kappa shape index (κ3) is 6.00. The highest BCUT2D eigenvalue weighted by molar-refractivity contribution is 7.07. The van der Waals surface area contributed by atoms with E-state index in [1.807, 2.05) is 18.2 Å². The molecule has 0 unspecified atom stereocenters. The summed E-state index contributed by atoms with van der Waals surface area (Å²) in [6, 6.07) is 18.2. The van der Waals surface area contributed by atoms with Crippen LogP contribution in [0, 0.1) is 0 Å². The Kier molecular flexibility index (Phi) is 8.96. The standard InChI is InChI=1S/C33H30N2O8S/c1-5-42-32(39)28-19(2)34-33-35(29(28)23-11-6-7-12-24(23)40-3)30(36)27(44-33)17-20-13-14-25(26(16-20)41-4)43-18-21-9-8-10-22(15-21)31(37)38/h6-17,29H,5,18H2,1-4H3,(H,37,38)/b27-17-/t29-/m0/s1. The Hall–Kier alpha value is -5.16. The Morgan fingerprint density at radius 1 is 1.00 bits per heavy atom. The lowest BCUT2D eigenvalue weighted by atomic mass is 9.95. The van der Waals surface area contributed by atoms with Gasteiger partial charge in [-0.05, 0) is 61.4 Å². The molecule has 0 spiro atoms. The van der Waals surface area contributed by atoms with Crippen molar-refractivity contribution in [3.63, 3.8) is 0 Å². The molecule has 0 amide bonds. The number of aromatic nitrogens is 1. The van der Waals surface area contributed by atoms with E-state index in [4.69, 9.17) is 18.9 Å². The van der Waals surface area contributed by atoms with Crippen LogP contribution in [0.5, 0.6) is 17.2 Å². The zero-order chi connectivity index (χ0) is 31.4. The minimum Gasteiger partial charge on any atom is -0.496 e. The van der Waals surface area contributed by atoms with Gasteiger partial charge < -0.3 is 24.1 Å². The minimum atomic E-state index is -1.01. The number of benzene rings is 3. The van der Waals surface area contributed by atoms with E-state index in [1.54, 1.807) is 62.4 Å². The van der Waals surface area contributed by atoms with Gasteiger partial charge in [0, 0.05) is 5.56 Å². The number of allylic oxidation sites excluding steroid dienone is 1. The molecule has 3 aromatic carbocycles. The molecular formula is C33H30N2O8S. The van der Waals surface area contributed by atoms with E-state index in [9.17, 15) is 19.5 Å². The molecule has 0 aliphatic carbocycles. The number of aromatic carboxylic acids is 1. The number of fused-ring (bicyclic) bond motifs is 1. The third-order valence-electron chi connectivity index (χ3n) is 7.00. The van der Waals surface area contributed by atoms with Crippen LogP contribution >= 0.6 is 11.3 Å². The van der Waals surface area contributed by atoms with Crippen LogP contribution in [0.1, 0.15) is 46.9 Å². The first kappa shape index (κ1) is 30.3. The highest BCUT2D eigenvalue weighted by atomic mass is 32.1. The van der Waals surface area contributed by atoms with Crippen LogP contribution in [0.15, 0.2) is 87.8 Å². The van der Waals surface area contributed by atoms with Gasteiger partial charge in [-0.25, -0.2) is 14.6 Å². The predicted molar refractivity (Wildman–Crippen MR) is 164 cm³/mol. The summed E-state index contributed by atoms with van der Waals surface area (Å²) >= 11 is 1.21. The summed E-state index contributed by atoms with van der Waals surface area (Å²) in [4.78, 5) is 43.5. The lowest BCUT2D eigenvalue weighted by molar-refractivity contribution is -0.139. The maximum absolute atomic E-state index is 14.0. The summed E-state index contributed by atoms with van der Waals surface area (Å²) in [6.07, 6.45) is 1.73. The molecule has 0 saturated heterocycles. The lowest BCUT2D eigenvalue weighted by Gasteiger charge is -2.25. The summed E-state index contributed by atoms with van der Waals surface area (Å²) in [5, 5.41) is 9.25. The number of hydrogen-bond acceptors (Lipinski definition) is 9. The van der Waals surface area contributed by atoms with E-state index in [0.29, 0.717) is 49.0 Å². The van der Waals surface area contributed by atoms with Gasteiger partial charge in [0.05, 0.1) is 42.2 Å². The molecule has 1 aromatic heterocycles. The average Bonchev–Trinajstić information content (AvgIpc) is 3.33. The monoisotopic (exact) mass is 614 g/mol. The highest BCUT2D eigenvalue weighted by Crippen LogP contribution is 2.35. The quantitative estimate of drug-likeness (QED) is 0.265. The van der Waals surface area contributed by atoms with Crippen molar-refractivity contribution >= 4 is 29.4 Å². The second-order valence-electron chi connectivity index (χ2n) is 9.75. The zero-order valence-corrected chi connectivity index (χ0v) is 25.3. The molecule has 11 heteroatoms. The average molecular weight is 615 g/mol. The second kappa shape index (κ2) is 13.0. The smallest absolute Gasteiger partial charge is 0.338 e. The van der Waals surface area contributed by atoms with Crippen molar-refractivity contribution in [1.29, 1.82) is 0 Å². The SMILES string of the molecule is CCOC(=O)C1=C(C)N=c2s/c(=C\c3ccc(OCc4cccc(C(=O)O)c4)c(OC)c3)c(=O)n2[C@H]1c1ccccc1OC. The number of methoxy groups -OCH3 is 2. The number of carboxylic acids is 1. The van der Waals surface area contributed by atoms with E-state index < -0.39 is 18.0 Å². The number of carbonyl (C=O) groups is 2. The van der Waals surface area contributed by atoms with Gasteiger partial charge in [0.25, 0.3) is 5.56 Å². The number of carboxylic acid groups (broad SMARTS) is 1. The van der Waals surface area contributed by atoms with E-state index in [0.717, 1.165) is 0 Å². The van der Waals surface area contributed by atoms with Crippen LogP contribution in [0.2, 0.25) is 0 Å². The molecule has 4 aromatic rings. The number of esters is 1. The summed E-state index contributed by atoms with van der Waals surface area (Å²) in [5.74, 6) is -0.140. The number of carbonyl (C=O) groups excluding carboxylic acids is 1. The Morgan fingerprint density at radius 2 is 1.77 bits per heavy atom. The van der Waals surface area contributed by atoms with Crippen LogP contribution in [0.3, 0.4) is 0 Å². The van der Waals surface area contributed by atoms with Crippen molar-refractivity contribution in [3.8, 4) is 17.2 Å². The van der Waals surface area contributed by atoms with Gasteiger partial charge in [0.2, 0.25) is 0 Å². The topological polar surface area (TPSA) is 126 Å². The van der Waals surface area contributed by atoms with Gasteiger partial charge in [-0.2, -0.15) is 0 Å². The molecule has 226 valence electrons. The maximum atomic E-state index is 14.0. The molecule has 0 bridgehead atoms. The molecule has 10 nitrogen and oxygen atoms in total. The molecule has 0 fully saturated rings. The van der Waals surface area contributed by atoms with Crippen LogP contribution in [0.25, 0.3) is 6.08 Å². The molecular weight excluding hydrogens is 584 g/mol. The Balaban J connectivity index is 1.54. The lowest BCUT2D eigenvalue weighted by Crippen LogP contribution is -2.40. The number of para-hydroxylation sites is 1. The van der Waals surface area contributed by atoms with Crippen molar-refractivity contribution in [3.05, 3.63) is 120 Å². The molecule has 2 heterocycles. The van der Waals surface area contributed by atoms with Gasteiger partial charge in [0.15, 0.2) is 16.3 Å². The second-order valence-corrected chi connectivity index (χ2v) is 10.8. The number of thiazole rings is 1. The summed E-state index contributed by atoms with van der Waals surface area (Å²) in [6.45, 7) is 3.77. The number of ether oxygens (including phenoxy) is 4. The Morgan fingerprint density at radius 3 is 2.50 bits per heavy atom. The molecule has 0 radical (unpaired) electrons. The Bertz CT molecular complexity index is 1960. The van der Waals surface area contributed by atoms with Crippen molar-refractivity contribution in [2.45, 2.75) is 26.5 Å². The molecule has 1 aliphatic rings. The van der Waals surface area contributed by atoms with Crippen LogP contribution in [-0.2, 0) is 16.1 Å². The Labute approximate surface area is 256 Å². The number of rotatable bonds is 10. The fourth-order valence-corrected chi connectivity index (χ4v) is 6.02. The van der Waals surface area contributed by atoms with E-state index in [-0.39, 0.29) is 29.9 Å². The molecule has 44 heavy (non-hydrogen) atoms. The summed E-state index contributed by atoms with van der Waals surface area (Å²) in [5.41, 5.74) is 2.60. The van der Waals surface area contributed by atoms with Gasteiger partial charge in [-0.1, -0.05) is 47.7 Å². The van der Waals surface area contributed by atoms with Gasteiger partial charge in [-0.15, -0.1) is 0 Å². The van der Waals surface area contributed by atoms with Crippen molar-refractivity contribution in [1.82, 2.24) is 4.57 Å². The van der Waals surface area contributed by atoms with Gasteiger partial charge in [0.1, 0.15) is 18.4 Å². The van der Waals surface area contributed by atoms with Crippen LogP contribution < -0.4 is 29.1 Å². The largest absolute Gasteiger partial charge is 0.496 e. The first-order valence-electron chi connectivity index (χ1n) is 13.7. The molecule has 1 N–H and O–H groups in total. The third-order valence-corrected chi connectivity index (χ3v) is 7.99. The van der Waals surface area contributed by atoms with Crippen molar-refractivity contribution < 1.29 is 33.6 Å². The van der Waals surface area contributed by atoms with Crippen LogP contribution in [0.4, 0.5) is 0 Å². The van der Waals surface area contributed by atoms with Crippen LogP contribution in [-0.4, -0.2) is 42.4 Å².